The van der Waals surface area contributed by atoms with Gasteiger partial charge in [-0.05, 0) is 53.9 Å². The molecule has 0 radical (unpaired) electrons. The molecule has 0 aromatic heterocycles. The van der Waals surface area contributed by atoms with Gasteiger partial charge in [0, 0.05) is 0 Å². The van der Waals surface area contributed by atoms with Crippen LogP contribution in [0.3, 0.4) is 0 Å². The second kappa shape index (κ2) is 9.45. The summed E-state index contributed by atoms with van der Waals surface area (Å²) in [6, 6.07) is 13.3. The number of hydrogen-bond acceptors (Lipinski definition) is 3. The van der Waals surface area contributed by atoms with Crippen molar-refractivity contribution in [2.24, 2.45) is 5.10 Å². The van der Waals surface area contributed by atoms with Crippen molar-refractivity contribution in [3.05, 3.63) is 65.5 Å². The Labute approximate surface area is 141 Å². The van der Waals surface area contributed by atoms with Gasteiger partial charge in [-0.2, -0.15) is 5.10 Å². The Hall–Kier alpha value is -2.69. The highest BCUT2D eigenvalue weighted by Gasteiger charge is 2.02. The molecular formula is C19H21FN2O2. The van der Waals surface area contributed by atoms with Crippen LogP contribution in [0.15, 0.2) is 53.6 Å². The summed E-state index contributed by atoms with van der Waals surface area (Å²) in [5.41, 5.74) is 4.05. The van der Waals surface area contributed by atoms with Gasteiger partial charge in [-0.3, -0.25) is 4.79 Å². The molecule has 1 amide bonds. The lowest BCUT2D eigenvalue weighted by molar-refractivity contribution is -0.120. The van der Waals surface area contributed by atoms with E-state index >= 15 is 0 Å². The molecule has 4 nitrogen and oxygen atoms in total. The van der Waals surface area contributed by atoms with Crippen molar-refractivity contribution in [1.82, 2.24) is 5.43 Å². The van der Waals surface area contributed by atoms with Crippen LogP contribution in [0.2, 0.25) is 0 Å². The molecule has 5 heteroatoms. The second-order valence-electron chi connectivity index (χ2n) is 5.37. The highest BCUT2D eigenvalue weighted by molar-refractivity contribution is 5.83. The second-order valence-corrected chi connectivity index (χ2v) is 5.37. The molecule has 126 valence electrons. The molecule has 0 bridgehead atoms. The van der Waals surface area contributed by atoms with E-state index in [1.54, 1.807) is 18.3 Å². The van der Waals surface area contributed by atoms with Gasteiger partial charge in [-0.25, -0.2) is 9.82 Å². The quantitative estimate of drug-likeness (QED) is 0.456. The molecule has 24 heavy (non-hydrogen) atoms. The Morgan fingerprint density at radius 1 is 1.17 bits per heavy atom. The van der Waals surface area contributed by atoms with Crippen molar-refractivity contribution in [3.63, 3.8) is 0 Å². The normalized spacial score (nSPS) is 10.8. The molecule has 0 atom stereocenters. The van der Waals surface area contributed by atoms with E-state index in [2.05, 4.69) is 17.5 Å². The number of rotatable bonds is 8. The van der Waals surface area contributed by atoms with Crippen molar-refractivity contribution in [3.8, 4) is 5.75 Å². The first kappa shape index (κ1) is 17.7. The SMILES string of the molecule is CCCCOc1ccc(/C=N/NC(=O)Cc2ccc(F)cc2)cc1. The highest BCUT2D eigenvalue weighted by atomic mass is 19.1. The zero-order valence-corrected chi connectivity index (χ0v) is 13.7. The number of halogens is 1. The molecule has 0 aliphatic carbocycles. The predicted molar refractivity (Wildman–Crippen MR) is 92.7 cm³/mol. The van der Waals surface area contributed by atoms with Gasteiger partial charge in [0.25, 0.3) is 0 Å². The van der Waals surface area contributed by atoms with E-state index in [4.69, 9.17) is 4.74 Å². The summed E-state index contributed by atoms with van der Waals surface area (Å²) in [6.07, 6.45) is 3.85. The van der Waals surface area contributed by atoms with Crippen molar-refractivity contribution < 1.29 is 13.9 Å². The lowest BCUT2D eigenvalue weighted by atomic mass is 10.1. The summed E-state index contributed by atoms with van der Waals surface area (Å²) < 4.78 is 18.4. The third kappa shape index (κ3) is 6.20. The fourth-order valence-electron chi connectivity index (χ4n) is 1.99. The molecule has 0 heterocycles. The van der Waals surface area contributed by atoms with Crippen molar-refractivity contribution in [1.29, 1.82) is 0 Å². The first-order chi connectivity index (χ1) is 11.7. The van der Waals surface area contributed by atoms with E-state index in [0.29, 0.717) is 6.61 Å². The first-order valence-corrected chi connectivity index (χ1v) is 7.96. The fraction of sp³-hybridized carbons (Fsp3) is 0.263. The first-order valence-electron chi connectivity index (χ1n) is 7.96. The molecule has 2 aromatic carbocycles. The predicted octanol–water partition coefficient (Wildman–Crippen LogP) is 3.70. The summed E-state index contributed by atoms with van der Waals surface area (Å²) in [5.74, 6) is 0.248. The van der Waals surface area contributed by atoms with E-state index in [1.807, 2.05) is 24.3 Å². The summed E-state index contributed by atoms with van der Waals surface area (Å²) in [7, 11) is 0. The van der Waals surface area contributed by atoms with Gasteiger partial charge >= 0.3 is 0 Å². The van der Waals surface area contributed by atoms with Crippen LogP contribution in [0.1, 0.15) is 30.9 Å². The largest absolute Gasteiger partial charge is 0.494 e. The average molecular weight is 328 g/mol. The monoisotopic (exact) mass is 328 g/mol. The molecule has 0 saturated heterocycles. The number of carbonyl (C=O) groups is 1. The molecule has 0 fully saturated rings. The maximum absolute atomic E-state index is 12.8. The summed E-state index contributed by atoms with van der Waals surface area (Å²) in [5, 5.41) is 3.92. The lowest BCUT2D eigenvalue weighted by Crippen LogP contribution is -2.19. The molecule has 2 aromatic rings. The average Bonchev–Trinajstić information content (AvgIpc) is 2.59. The maximum atomic E-state index is 12.8. The number of unbranched alkanes of at least 4 members (excludes halogenated alkanes) is 1. The Morgan fingerprint density at radius 2 is 1.88 bits per heavy atom. The molecule has 0 saturated carbocycles. The number of benzene rings is 2. The van der Waals surface area contributed by atoms with Gasteiger partial charge < -0.3 is 4.74 Å². The van der Waals surface area contributed by atoms with Crippen LogP contribution in [0, 0.1) is 5.82 Å². The van der Waals surface area contributed by atoms with E-state index < -0.39 is 0 Å². The van der Waals surface area contributed by atoms with Crippen LogP contribution in [0.5, 0.6) is 5.75 Å². The molecule has 0 unspecified atom stereocenters. The standard InChI is InChI=1S/C19H21FN2O2/c1-2-3-12-24-18-10-6-16(7-11-18)14-21-22-19(23)13-15-4-8-17(20)9-5-15/h4-11,14H,2-3,12-13H2,1H3,(H,22,23)/b21-14+. The molecule has 0 spiro atoms. The molecular weight excluding hydrogens is 307 g/mol. The number of nitrogens with zero attached hydrogens (tertiary/aromatic N) is 1. The topological polar surface area (TPSA) is 50.7 Å². The van der Waals surface area contributed by atoms with Gasteiger partial charge in [0.2, 0.25) is 5.91 Å². The summed E-state index contributed by atoms with van der Waals surface area (Å²) in [4.78, 5) is 11.7. The van der Waals surface area contributed by atoms with Crippen LogP contribution in [-0.2, 0) is 11.2 Å². The molecule has 0 aliphatic rings. The van der Waals surface area contributed by atoms with Gasteiger partial charge in [0.05, 0.1) is 19.2 Å². The van der Waals surface area contributed by atoms with Crippen LogP contribution < -0.4 is 10.2 Å². The number of amides is 1. The highest BCUT2D eigenvalue weighted by Crippen LogP contribution is 2.11. The minimum absolute atomic E-state index is 0.155. The zero-order chi connectivity index (χ0) is 17.2. The van der Waals surface area contributed by atoms with Crippen LogP contribution in [0.4, 0.5) is 4.39 Å². The number of hydrogen-bond donors (Lipinski definition) is 1. The minimum atomic E-state index is -0.320. The van der Waals surface area contributed by atoms with Crippen LogP contribution in [-0.4, -0.2) is 18.7 Å². The van der Waals surface area contributed by atoms with E-state index in [-0.39, 0.29) is 18.1 Å². The molecule has 2 rings (SSSR count). The van der Waals surface area contributed by atoms with Crippen LogP contribution >= 0.6 is 0 Å². The number of hydrazone groups is 1. The smallest absolute Gasteiger partial charge is 0.244 e. The molecule has 1 N–H and O–H groups in total. The van der Waals surface area contributed by atoms with E-state index in [0.717, 1.165) is 29.7 Å². The Bertz CT molecular complexity index is 667. The third-order valence-electron chi connectivity index (χ3n) is 3.33. The van der Waals surface area contributed by atoms with Gasteiger partial charge in [-0.15, -0.1) is 0 Å². The van der Waals surface area contributed by atoms with Crippen molar-refractivity contribution >= 4 is 12.1 Å². The summed E-state index contributed by atoms with van der Waals surface area (Å²) in [6.45, 7) is 2.83. The van der Waals surface area contributed by atoms with Crippen LogP contribution in [0.25, 0.3) is 0 Å². The lowest BCUT2D eigenvalue weighted by Gasteiger charge is -2.05. The van der Waals surface area contributed by atoms with Gasteiger partial charge in [0.1, 0.15) is 11.6 Å². The van der Waals surface area contributed by atoms with E-state index in [9.17, 15) is 9.18 Å². The summed E-state index contributed by atoms with van der Waals surface area (Å²) >= 11 is 0. The maximum Gasteiger partial charge on any atom is 0.244 e. The number of ether oxygens (including phenoxy) is 1. The number of nitrogens with one attached hydrogen (secondary N) is 1. The third-order valence-corrected chi connectivity index (χ3v) is 3.33. The fourth-order valence-corrected chi connectivity index (χ4v) is 1.99. The Kier molecular flexibility index (Phi) is 6.95. The number of carbonyl (C=O) groups excluding carboxylic acids is 1. The van der Waals surface area contributed by atoms with Gasteiger partial charge in [-0.1, -0.05) is 25.5 Å². The Balaban J connectivity index is 1.78. The van der Waals surface area contributed by atoms with Crippen molar-refractivity contribution in [2.45, 2.75) is 26.2 Å². The minimum Gasteiger partial charge on any atom is -0.494 e. The van der Waals surface area contributed by atoms with Crippen molar-refractivity contribution in [2.75, 3.05) is 6.61 Å². The zero-order valence-electron chi connectivity index (χ0n) is 13.7. The van der Waals surface area contributed by atoms with Gasteiger partial charge in [0.15, 0.2) is 0 Å². The Morgan fingerprint density at radius 3 is 2.54 bits per heavy atom. The van der Waals surface area contributed by atoms with E-state index in [1.165, 1.54) is 12.1 Å². The molecule has 0 aliphatic heterocycles.